The molecule has 0 bridgehead atoms. The molecular formula is C18H24Cl2N4. The average molecular weight is 367 g/mol. The summed E-state index contributed by atoms with van der Waals surface area (Å²) in [5.74, 6) is 1.54. The van der Waals surface area contributed by atoms with Crippen molar-refractivity contribution in [1.82, 2.24) is 9.78 Å². The molecule has 1 aliphatic carbocycles. The van der Waals surface area contributed by atoms with E-state index in [0.717, 1.165) is 41.4 Å². The van der Waals surface area contributed by atoms with Crippen LogP contribution in [0.25, 0.3) is 10.9 Å². The van der Waals surface area contributed by atoms with Crippen molar-refractivity contribution in [2.75, 3.05) is 12.4 Å². The lowest BCUT2D eigenvalue weighted by Crippen LogP contribution is -2.13. The molecule has 1 aliphatic rings. The summed E-state index contributed by atoms with van der Waals surface area (Å²) in [6, 6.07) is 6.07. The Morgan fingerprint density at radius 1 is 1.33 bits per heavy atom. The Kier molecular flexibility index (Phi) is 6.01. The summed E-state index contributed by atoms with van der Waals surface area (Å²) in [4.78, 5) is 4.25. The number of nitrogens with two attached hydrogens (primary N) is 1. The number of aryl methyl sites for hydroxylation is 1. The third-order valence-corrected chi connectivity index (χ3v) is 5.23. The van der Waals surface area contributed by atoms with Gasteiger partial charge in [-0.25, -0.2) is 0 Å². The van der Waals surface area contributed by atoms with Crippen molar-refractivity contribution >= 4 is 39.9 Å². The molecule has 3 rings (SSSR count). The Balaban J connectivity index is 1.77. The zero-order chi connectivity index (χ0) is 16.9. The third-order valence-electron chi connectivity index (χ3n) is 4.72. The van der Waals surface area contributed by atoms with Gasteiger partial charge in [0.2, 0.25) is 0 Å². The predicted octanol–water partition coefficient (Wildman–Crippen LogP) is 4.41. The zero-order valence-corrected chi connectivity index (χ0v) is 15.4. The molecule has 130 valence electrons. The quantitative estimate of drug-likeness (QED) is 0.341. The van der Waals surface area contributed by atoms with Crippen molar-refractivity contribution < 1.29 is 0 Å². The van der Waals surface area contributed by atoms with Crippen LogP contribution in [0.2, 0.25) is 5.02 Å². The van der Waals surface area contributed by atoms with Gasteiger partial charge in [-0.05, 0) is 49.8 Å². The van der Waals surface area contributed by atoms with Gasteiger partial charge >= 0.3 is 0 Å². The number of benzene rings is 1. The lowest BCUT2D eigenvalue weighted by Gasteiger charge is -2.09. The molecule has 2 N–H and O–H groups in total. The Hall–Kier alpha value is -1.26. The highest BCUT2D eigenvalue weighted by molar-refractivity contribution is 6.31. The van der Waals surface area contributed by atoms with Crippen molar-refractivity contribution in [3.63, 3.8) is 0 Å². The number of fused-ring (bicyclic) bond motifs is 1. The molecule has 0 atom stereocenters. The maximum atomic E-state index is 6.20. The SMILES string of the molecule is NC(CCl)=NCCCc1nn(CC2CCCC2)c2ccc(Cl)cc12. The highest BCUT2D eigenvalue weighted by Gasteiger charge is 2.18. The number of rotatable bonds is 7. The van der Waals surface area contributed by atoms with Crippen LogP contribution < -0.4 is 5.73 Å². The molecule has 0 unspecified atom stereocenters. The normalized spacial score (nSPS) is 16.3. The summed E-state index contributed by atoms with van der Waals surface area (Å²) in [7, 11) is 0. The minimum Gasteiger partial charge on any atom is -0.386 e. The average Bonchev–Trinajstić information content (AvgIpc) is 3.20. The van der Waals surface area contributed by atoms with Crippen LogP contribution in [0.3, 0.4) is 0 Å². The molecule has 0 radical (unpaired) electrons. The number of alkyl halides is 1. The summed E-state index contributed by atoms with van der Waals surface area (Å²) in [6.07, 6.45) is 7.10. The molecular weight excluding hydrogens is 343 g/mol. The monoisotopic (exact) mass is 366 g/mol. The smallest absolute Gasteiger partial charge is 0.109 e. The molecule has 1 saturated carbocycles. The van der Waals surface area contributed by atoms with Gasteiger partial charge in [-0.2, -0.15) is 5.10 Å². The highest BCUT2D eigenvalue weighted by atomic mass is 35.5. The molecule has 24 heavy (non-hydrogen) atoms. The van der Waals surface area contributed by atoms with Crippen molar-refractivity contribution in [2.24, 2.45) is 16.6 Å². The number of hydrogen-bond donors (Lipinski definition) is 1. The number of aromatic nitrogens is 2. The predicted molar refractivity (Wildman–Crippen MR) is 102 cm³/mol. The molecule has 0 aliphatic heterocycles. The van der Waals surface area contributed by atoms with E-state index in [1.165, 1.54) is 31.2 Å². The second kappa shape index (κ2) is 8.21. The first-order valence-corrected chi connectivity index (χ1v) is 9.58. The van der Waals surface area contributed by atoms with Crippen LogP contribution in [-0.2, 0) is 13.0 Å². The van der Waals surface area contributed by atoms with Crippen LogP contribution in [0.1, 0.15) is 37.8 Å². The summed E-state index contributed by atoms with van der Waals surface area (Å²) in [5, 5.41) is 6.80. The van der Waals surface area contributed by atoms with Gasteiger partial charge in [-0.1, -0.05) is 24.4 Å². The van der Waals surface area contributed by atoms with Crippen LogP contribution in [0, 0.1) is 5.92 Å². The lowest BCUT2D eigenvalue weighted by atomic mass is 10.1. The maximum absolute atomic E-state index is 6.20. The van der Waals surface area contributed by atoms with Crippen molar-refractivity contribution in [3.05, 3.63) is 28.9 Å². The third kappa shape index (κ3) is 4.22. The Bertz CT molecular complexity index is 717. The van der Waals surface area contributed by atoms with Crippen molar-refractivity contribution in [1.29, 1.82) is 0 Å². The van der Waals surface area contributed by atoms with E-state index in [-0.39, 0.29) is 5.88 Å². The minimum absolute atomic E-state index is 0.286. The fourth-order valence-electron chi connectivity index (χ4n) is 3.49. The largest absolute Gasteiger partial charge is 0.386 e. The maximum Gasteiger partial charge on any atom is 0.109 e. The summed E-state index contributed by atoms with van der Waals surface area (Å²) in [5.41, 5.74) is 7.93. The second-order valence-electron chi connectivity index (χ2n) is 6.55. The van der Waals surface area contributed by atoms with Gasteiger partial charge in [0.15, 0.2) is 0 Å². The molecule has 2 aromatic rings. The summed E-state index contributed by atoms with van der Waals surface area (Å²) >= 11 is 11.8. The molecule has 1 aromatic heterocycles. The van der Waals surface area contributed by atoms with Crippen LogP contribution in [0.4, 0.5) is 0 Å². The first-order chi connectivity index (χ1) is 11.7. The zero-order valence-electron chi connectivity index (χ0n) is 13.8. The molecule has 0 amide bonds. The van der Waals surface area contributed by atoms with Crippen LogP contribution in [-0.4, -0.2) is 28.0 Å². The fraction of sp³-hybridized carbons (Fsp3) is 0.556. The fourth-order valence-corrected chi connectivity index (χ4v) is 3.75. The molecule has 0 spiro atoms. The van der Waals surface area contributed by atoms with E-state index < -0.39 is 0 Å². The number of amidine groups is 1. The second-order valence-corrected chi connectivity index (χ2v) is 7.25. The van der Waals surface area contributed by atoms with Crippen LogP contribution in [0.15, 0.2) is 23.2 Å². The standard InChI is InChI=1S/C18H24Cl2N4/c19-11-18(21)22-9-3-6-16-15-10-14(20)7-8-17(15)24(23-16)12-13-4-1-2-5-13/h7-8,10,13H,1-6,9,11-12H2,(H2,21,22). The molecule has 6 heteroatoms. The van der Waals surface area contributed by atoms with Gasteiger partial charge < -0.3 is 5.73 Å². The topological polar surface area (TPSA) is 56.2 Å². The van der Waals surface area contributed by atoms with E-state index in [1.54, 1.807) is 0 Å². The number of halogens is 2. The summed E-state index contributed by atoms with van der Waals surface area (Å²) in [6.45, 7) is 1.69. The van der Waals surface area contributed by atoms with Gasteiger partial charge in [-0.3, -0.25) is 9.67 Å². The first-order valence-electron chi connectivity index (χ1n) is 8.67. The van der Waals surface area contributed by atoms with E-state index in [9.17, 15) is 0 Å². The molecule has 1 heterocycles. The van der Waals surface area contributed by atoms with E-state index in [2.05, 4.69) is 15.7 Å². The van der Waals surface area contributed by atoms with Gasteiger partial charge in [0.1, 0.15) is 5.84 Å². The highest BCUT2D eigenvalue weighted by Crippen LogP contribution is 2.29. The van der Waals surface area contributed by atoms with Gasteiger partial charge in [0.25, 0.3) is 0 Å². The summed E-state index contributed by atoms with van der Waals surface area (Å²) < 4.78 is 2.17. The van der Waals surface area contributed by atoms with Crippen molar-refractivity contribution in [3.8, 4) is 0 Å². The van der Waals surface area contributed by atoms with E-state index >= 15 is 0 Å². The van der Waals surface area contributed by atoms with Crippen LogP contribution in [0.5, 0.6) is 0 Å². The van der Waals surface area contributed by atoms with E-state index in [1.807, 2.05) is 12.1 Å². The Morgan fingerprint density at radius 3 is 2.88 bits per heavy atom. The molecule has 4 nitrogen and oxygen atoms in total. The van der Waals surface area contributed by atoms with Crippen molar-refractivity contribution in [2.45, 2.75) is 45.1 Å². The first kappa shape index (κ1) is 17.6. The van der Waals surface area contributed by atoms with E-state index in [4.69, 9.17) is 34.0 Å². The molecule has 1 aromatic carbocycles. The number of aliphatic imine (C=N–C) groups is 1. The van der Waals surface area contributed by atoms with Gasteiger partial charge in [-0.15, -0.1) is 11.6 Å². The lowest BCUT2D eigenvalue weighted by molar-refractivity contribution is 0.435. The molecule has 0 saturated heterocycles. The van der Waals surface area contributed by atoms with Gasteiger partial charge in [0, 0.05) is 23.5 Å². The Labute approximate surface area is 153 Å². The minimum atomic E-state index is 0.286. The number of nitrogens with zero attached hydrogens (tertiary/aromatic N) is 3. The number of hydrogen-bond acceptors (Lipinski definition) is 2. The van der Waals surface area contributed by atoms with Gasteiger partial charge in [0.05, 0.1) is 17.1 Å². The molecule has 1 fully saturated rings. The van der Waals surface area contributed by atoms with Crippen LogP contribution >= 0.6 is 23.2 Å². The Morgan fingerprint density at radius 2 is 2.12 bits per heavy atom. The van der Waals surface area contributed by atoms with E-state index in [0.29, 0.717) is 12.4 Å².